The van der Waals surface area contributed by atoms with Gasteiger partial charge in [-0.15, -0.1) is 0 Å². The van der Waals surface area contributed by atoms with Crippen molar-refractivity contribution in [3.8, 4) is 6.07 Å². The molecule has 0 radical (unpaired) electrons. The molecule has 2 nitrogen and oxygen atoms in total. The van der Waals surface area contributed by atoms with Crippen molar-refractivity contribution in [3.63, 3.8) is 0 Å². The Morgan fingerprint density at radius 2 is 1.86 bits per heavy atom. The van der Waals surface area contributed by atoms with Crippen LogP contribution in [0.3, 0.4) is 0 Å². The fraction of sp³-hybridized carbons (Fsp3) is 0.235. The van der Waals surface area contributed by atoms with Crippen LogP contribution in [0.1, 0.15) is 36.9 Å². The van der Waals surface area contributed by atoms with E-state index in [0.717, 1.165) is 23.6 Å². The summed E-state index contributed by atoms with van der Waals surface area (Å²) in [7, 11) is 0. The quantitative estimate of drug-likeness (QED) is 0.754. The molecule has 1 unspecified atom stereocenters. The number of nitrogens with one attached hydrogen (secondary N) is 1. The van der Waals surface area contributed by atoms with Crippen LogP contribution < -0.4 is 5.32 Å². The first-order valence-corrected chi connectivity index (χ1v) is 7.61. The van der Waals surface area contributed by atoms with Crippen molar-refractivity contribution in [1.29, 1.82) is 5.26 Å². The van der Waals surface area contributed by atoms with Crippen LogP contribution >= 0.6 is 23.2 Å². The van der Waals surface area contributed by atoms with Gasteiger partial charge in [0.05, 0.1) is 28.4 Å². The minimum absolute atomic E-state index is 0.165. The Kier molecular flexibility index (Phi) is 5.50. The number of halogens is 2. The maximum absolute atomic E-state index is 8.88. The van der Waals surface area contributed by atoms with E-state index in [1.54, 1.807) is 12.1 Å². The van der Waals surface area contributed by atoms with Gasteiger partial charge < -0.3 is 5.32 Å². The zero-order chi connectivity index (χ0) is 15.2. The van der Waals surface area contributed by atoms with Gasteiger partial charge in [0.1, 0.15) is 0 Å². The number of benzene rings is 2. The molecule has 4 heteroatoms. The minimum Gasteiger partial charge on any atom is -0.377 e. The standard InChI is InChI=1S/C17H16Cl2N2/c1-2-3-16(13-5-7-14(18)8-6-13)21-17-9-4-12(11-20)10-15(17)19/h4-10,16,21H,2-3H2,1H3. The Balaban J connectivity index is 2.24. The molecule has 0 bridgehead atoms. The Labute approximate surface area is 135 Å². The van der Waals surface area contributed by atoms with Crippen LogP contribution in [-0.2, 0) is 0 Å². The average Bonchev–Trinajstić information content (AvgIpc) is 2.49. The Morgan fingerprint density at radius 1 is 1.14 bits per heavy atom. The van der Waals surface area contributed by atoms with Gasteiger partial charge in [-0.25, -0.2) is 0 Å². The summed E-state index contributed by atoms with van der Waals surface area (Å²) >= 11 is 12.2. The third kappa shape index (κ3) is 4.14. The molecule has 21 heavy (non-hydrogen) atoms. The summed E-state index contributed by atoms with van der Waals surface area (Å²) in [5.74, 6) is 0. The summed E-state index contributed by atoms with van der Waals surface area (Å²) in [5, 5.41) is 13.6. The van der Waals surface area contributed by atoms with Crippen LogP contribution in [0.2, 0.25) is 10.0 Å². The highest BCUT2D eigenvalue weighted by molar-refractivity contribution is 6.33. The number of rotatable bonds is 5. The van der Waals surface area contributed by atoms with Crippen LogP contribution in [0.4, 0.5) is 5.69 Å². The number of anilines is 1. The molecule has 108 valence electrons. The van der Waals surface area contributed by atoms with Crippen LogP contribution in [-0.4, -0.2) is 0 Å². The Morgan fingerprint density at radius 3 is 2.43 bits per heavy atom. The fourth-order valence-electron chi connectivity index (χ4n) is 2.20. The summed E-state index contributed by atoms with van der Waals surface area (Å²) in [5.41, 5.74) is 2.56. The molecule has 2 aromatic rings. The van der Waals surface area contributed by atoms with Gasteiger partial charge >= 0.3 is 0 Å². The van der Waals surface area contributed by atoms with E-state index in [4.69, 9.17) is 28.5 Å². The van der Waals surface area contributed by atoms with E-state index in [0.29, 0.717) is 10.6 Å². The van der Waals surface area contributed by atoms with Gasteiger partial charge in [-0.2, -0.15) is 5.26 Å². The van der Waals surface area contributed by atoms with Crippen LogP contribution in [0.25, 0.3) is 0 Å². The molecule has 0 aliphatic carbocycles. The molecule has 0 aliphatic heterocycles. The second kappa shape index (κ2) is 7.36. The third-order valence-electron chi connectivity index (χ3n) is 3.28. The first-order chi connectivity index (χ1) is 10.1. The Hall–Kier alpha value is -1.69. The number of nitriles is 1. The normalized spacial score (nSPS) is 11.7. The van der Waals surface area contributed by atoms with Crippen LogP contribution in [0.15, 0.2) is 42.5 Å². The van der Waals surface area contributed by atoms with Crippen molar-refractivity contribution < 1.29 is 0 Å². The van der Waals surface area contributed by atoms with Gasteiger partial charge in [0.2, 0.25) is 0 Å². The molecule has 0 spiro atoms. The van der Waals surface area contributed by atoms with Gasteiger partial charge in [-0.05, 0) is 42.3 Å². The Bertz CT molecular complexity index is 645. The van der Waals surface area contributed by atoms with Gasteiger partial charge in [0.15, 0.2) is 0 Å². The average molecular weight is 319 g/mol. The molecule has 0 heterocycles. The molecular weight excluding hydrogens is 303 g/mol. The number of hydrogen-bond acceptors (Lipinski definition) is 2. The maximum Gasteiger partial charge on any atom is 0.0992 e. The molecule has 0 aromatic heterocycles. The summed E-state index contributed by atoms with van der Waals surface area (Å²) in [4.78, 5) is 0. The van der Waals surface area contributed by atoms with E-state index in [1.165, 1.54) is 5.56 Å². The van der Waals surface area contributed by atoms with Crippen molar-refractivity contribution in [2.24, 2.45) is 0 Å². The molecule has 0 saturated heterocycles. The second-order valence-electron chi connectivity index (χ2n) is 4.84. The second-order valence-corrected chi connectivity index (χ2v) is 5.69. The molecule has 0 saturated carbocycles. The van der Waals surface area contributed by atoms with Crippen molar-refractivity contribution in [2.75, 3.05) is 5.32 Å². The van der Waals surface area contributed by atoms with Gasteiger partial charge in [-0.3, -0.25) is 0 Å². The molecule has 0 amide bonds. The van der Waals surface area contributed by atoms with Crippen LogP contribution in [0.5, 0.6) is 0 Å². The van der Waals surface area contributed by atoms with Crippen molar-refractivity contribution in [3.05, 3.63) is 63.6 Å². The minimum atomic E-state index is 0.165. The zero-order valence-corrected chi connectivity index (χ0v) is 13.2. The summed E-state index contributed by atoms with van der Waals surface area (Å²) in [6, 6.07) is 15.4. The van der Waals surface area contributed by atoms with E-state index < -0.39 is 0 Å². The molecular formula is C17H16Cl2N2. The molecule has 1 N–H and O–H groups in total. The monoisotopic (exact) mass is 318 g/mol. The summed E-state index contributed by atoms with van der Waals surface area (Å²) in [6.07, 6.45) is 2.03. The SMILES string of the molecule is CCCC(Nc1ccc(C#N)cc1Cl)c1ccc(Cl)cc1. The van der Waals surface area contributed by atoms with Gasteiger partial charge in [0, 0.05) is 5.02 Å². The van der Waals surface area contributed by atoms with E-state index in [1.807, 2.05) is 30.3 Å². The van der Waals surface area contributed by atoms with E-state index >= 15 is 0 Å². The molecule has 0 aliphatic rings. The molecule has 1 atom stereocenters. The van der Waals surface area contributed by atoms with Crippen molar-refractivity contribution in [1.82, 2.24) is 0 Å². The lowest BCUT2D eigenvalue weighted by molar-refractivity contribution is 0.678. The van der Waals surface area contributed by atoms with Crippen molar-refractivity contribution >= 4 is 28.9 Å². The molecule has 0 fully saturated rings. The smallest absolute Gasteiger partial charge is 0.0992 e. The predicted molar refractivity (Wildman–Crippen MR) is 88.9 cm³/mol. The lowest BCUT2D eigenvalue weighted by atomic mass is 10.0. The topological polar surface area (TPSA) is 35.8 Å². The predicted octanol–water partition coefficient (Wildman–Crippen LogP) is 5.82. The number of nitrogens with zero attached hydrogens (tertiary/aromatic N) is 1. The maximum atomic E-state index is 8.88. The lowest BCUT2D eigenvalue weighted by Gasteiger charge is -2.21. The van der Waals surface area contributed by atoms with E-state index in [-0.39, 0.29) is 6.04 Å². The lowest BCUT2D eigenvalue weighted by Crippen LogP contribution is -2.10. The zero-order valence-electron chi connectivity index (χ0n) is 11.7. The van der Waals surface area contributed by atoms with Crippen LogP contribution in [0, 0.1) is 11.3 Å². The third-order valence-corrected chi connectivity index (χ3v) is 3.84. The largest absolute Gasteiger partial charge is 0.377 e. The van der Waals surface area contributed by atoms with Crippen molar-refractivity contribution in [2.45, 2.75) is 25.8 Å². The molecule has 2 rings (SSSR count). The first-order valence-electron chi connectivity index (χ1n) is 6.85. The molecule has 2 aromatic carbocycles. The van der Waals surface area contributed by atoms with Gasteiger partial charge in [-0.1, -0.05) is 48.7 Å². The van der Waals surface area contributed by atoms with Gasteiger partial charge in [0.25, 0.3) is 0 Å². The van der Waals surface area contributed by atoms with E-state index in [9.17, 15) is 0 Å². The summed E-state index contributed by atoms with van der Waals surface area (Å²) in [6.45, 7) is 2.14. The highest BCUT2D eigenvalue weighted by Crippen LogP contribution is 2.30. The highest BCUT2D eigenvalue weighted by atomic mass is 35.5. The van der Waals surface area contributed by atoms with E-state index in [2.05, 4.69) is 18.3 Å². The number of hydrogen-bond donors (Lipinski definition) is 1. The first kappa shape index (κ1) is 15.7. The summed E-state index contributed by atoms with van der Waals surface area (Å²) < 4.78 is 0. The highest BCUT2D eigenvalue weighted by Gasteiger charge is 2.12. The fourth-order valence-corrected chi connectivity index (χ4v) is 2.56.